The van der Waals surface area contributed by atoms with Gasteiger partial charge in [0.05, 0.1) is 19.0 Å². The third-order valence-electron chi connectivity index (χ3n) is 5.05. The second-order valence-electron chi connectivity index (χ2n) is 7.53. The summed E-state index contributed by atoms with van der Waals surface area (Å²) in [5, 5.41) is 10.2. The number of ether oxygens (including phenoxy) is 1. The number of benzene rings is 3. The predicted molar refractivity (Wildman–Crippen MR) is 135 cm³/mol. The van der Waals surface area contributed by atoms with E-state index in [-0.39, 0.29) is 5.91 Å². The monoisotopic (exact) mass is 456 g/mol. The van der Waals surface area contributed by atoms with E-state index < -0.39 is 0 Å². The molecule has 0 aliphatic heterocycles. The molecule has 1 aromatic heterocycles. The van der Waals surface area contributed by atoms with E-state index in [1.165, 1.54) is 16.9 Å². The Morgan fingerprint density at radius 1 is 1.03 bits per heavy atom. The van der Waals surface area contributed by atoms with E-state index in [0.717, 1.165) is 39.0 Å². The SMILES string of the molecule is COc1ccc(/C=N\NC(=O)c2ccc(-c3csc(Nc4ccc(C)cc4)n3)cc2)cc1C. The lowest BCUT2D eigenvalue weighted by Crippen LogP contribution is -2.17. The van der Waals surface area contributed by atoms with Crippen LogP contribution in [0.4, 0.5) is 10.8 Å². The van der Waals surface area contributed by atoms with Gasteiger partial charge in [-0.3, -0.25) is 4.79 Å². The van der Waals surface area contributed by atoms with E-state index in [2.05, 4.69) is 39.9 Å². The molecule has 4 aromatic rings. The van der Waals surface area contributed by atoms with E-state index in [1.807, 2.05) is 54.8 Å². The first-order chi connectivity index (χ1) is 16.0. The summed E-state index contributed by atoms with van der Waals surface area (Å²) in [5.74, 6) is 0.539. The summed E-state index contributed by atoms with van der Waals surface area (Å²) < 4.78 is 5.25. The van der Waals surface area contributed by atoms with Crippen molar-refractivity contribution in [1.29, 1.82) is 0 Å². The maximum atomic E-state index is 12.4. The Labute approximate surface area is 197 Å². The van der Waals surface area contributed by atoms with Gasteiger partial charge in [0, 0.05) is 22.2 Å². The molecule has 0 bridgehead atoms. The minimum absolute atomic E-state index is 0.275. The number of hydrazone groups is 1. The lowest BCUT2D eigenvalue weighted by molar-refractivity contribution is 0.0955. The number of rotatable bonds is 7. The van der Waals surface area contributed by atoms with E-state index >= 15 is 0 Å². The van der Waals surface area contributed by atoms with Gasteiger partial charge in [-0.2, -0.15) is 5.10 Å². The maximum Gasteiger partial charge on any atom is 0.271 e. The van der Waals surface area contributed by atoms with Gasteiger partial charge in [-0.25, -0.2) is 10.4 Å². The van der Waals surface area contributed by atoms with Crippen LogP contribution in [0.15, 0.2) is 77.2 Å². The molecule has 2 N–H and O–H groups in total. The molecule has 6 nitrogen and oxygen atoms in total. The van der Waals surface area contributed by atoms with Crippen LogP contribution in [-0.2, 0) is 0 Å². The number of hydrogen-bond donors (Lipinski definition) is 2. The summed E-state index contributed by atoms with van der Waals surface area (Å²) in [5.41, 5.74) is 8.98. The van der Waals surface area contributed by atoms with E-state index in [9.17, 15) is 4.79 Å². The first-order valence-electron chi connectivity index (χ1n) is 10.4. The average molecular weight is 457 g/mol. The molecule has 0 aliphatic rings. The predicted octanol–water partition coefficient (Wildman–Crippen LogP) is 5.94. The normalized spacial score (nSPS) is 10.9. The van der Waals surface area contributed by atoms with Gasteiger partial charge in [0.25, 0.3) is 5.91 Å². The summed E-state index contributed by atoms with van der Waals surface area (Å²) in [7, 11) is 1.64. The summed E-state index contributed by atoms with van der Waals surface area (Å²) >= 11 is 1.54. The number of aryl methyl sites for hydroxylation is 2. The Bertz CT molecular complexity index is 1280. The first kappa shape index (κ1) is 22.2. The fourth-order valence-corrected chi connectivity index (χ4v) is 3.97. The third kappa shape index (κ3) is 5.64. The van der Waals surface area contributed by atoms with Crippen molar-refractivity contribution in [2.45, 2.75) is 13.8 Å². The molecule has 7 heteroatoms. The number of thiazole rings is 1. The van der Waals surface area contributed by atoms with Crippen molar-refractivity contribution in [2.24, 2.45) is 5.10 Å². The molecule has 166 valence electrons. The Kier molecular flexibility index (Phi) is 6.80. The Morgan fingerprint density at radius 2 is 1.79 bits per heavy atom. The van der Waals surface area contributed by atoms with E-state index in [4.69, 9.17) is 4.74 Å². The smallest absolute Gasteiger partial charge is 0.271 e. The van der Waals surface area contributed by atoms with Crippen LogP contribution >= 0.6 is 11.3 Å². The van der Waals surface area contributed by atoms with Gasteiger partial charge in [0.15, 0.2) is 5.13 Å². The zero-order chi connectivity index (χ0) is 23.2. The van der Waals surface area contributed by atoms with Gasteiger partial charge in [-0.1, -0.05) is 29.8 Å². The Morgan fingerprint density at radius 3 is 2.48 bits per heavy atom. The average Bonchev–Trinajstić information content (AvgIpc) is 3.29. The van der Waals surface area contributed by atoms with Crippen molar-refractivity contribution in [3.8, 4) is 17.0 Å². The molecule has 0 unspecified atom stereocenters. The molecule has 0 atom stereocenters. The van der Waals surface area contributed by atoms with Gasteiger partial charge in [0.2, 0.25) is 0 Å². The maximum absolute atomic E-state index is 12.4. The lowest BCUT2D eigenvalue weighted by Gasteiger charge is -2.05. The molecular formula is C26H24N4O2S. The molecule has 1 heterocycles. The molecule has 0 radical (unpaired) electrons. The second kappa shape index (κ2) is 10.1. The van der Waals surface area contributed by atoms with Crippen LogP contribution in [0, 0.1) is 13.8 Å². The number of nitrogens with zero attached hydrogens (tertiary/aromatic N) is 2. The number of carbonyl (C=O) groups is 1. The van der Waals surface area contributed by atoms with Gasteiger partial charge < -0.3 is 10.1 Å². The third-order valence-corrected chi connectivity index (χ3v) is 5.81. The Balaban J connectivity index is 1.36. The van der Waals surface area contributed by atoms with Crippen molar-refractivity contribution in [2.75, 3.05) is 12.4 Å². The van der Waals surface area contributed by atoms with Crippen LogP contribution in [0.2, 0.25) is 0 Å². The fourth-order valence-electron chi connectivity index (χ4n) is 3.23. The zero-order valence-electron chi connectivity index (χ0n) is 18.6. The molecule has 3 aromatic carbocycles. The molecule has 1 amide bonds. The van der Waals surface area contributed by atoms with Crippen molar-refractivity contribution < 1.29 is 9.53 Å². The van der Waals surface area contributed by atoms with Crippen LogP contribution in [0.3, 0.4) is 0 Å². The number of anilines is 2. The highest BCUT2D eigenvalue weighted by Crippen LogP contribution is 2.27. The van der Waals surface area contributed by atoms with Crippen LogP contribution in [0.1, 0.15) is 27.0 Å². The highest BCUT2D eigenvalue weighted by atomic mass is 32.1. The standard InChI is InChI=1S/C26H24N4O2S/c1-17-4-11-22(12-5-17)28-26-29-23(16-33-26)20-7-9-21(10-8-20)25(31)30-27-15-19-6-13-24(32-3)18(2)14-19/h4-16H,1-3H3,(H,28,29)(H,30,31)/b27-15-. The zero-order valence-corrected chi connectivity index (χ0v) is 19.4. The van der Waals surface area contributed by atoms with Crippen molar-refractivity contribution in [1.82, 2.24) is 10.4 Å². The molecule has 0 aliphatic carbocycles. The molecular weight excluding hydrogens is 432 g/mol. The van der Waals surface area contributed by atoms with Gasteiger partial charge in [0.1, 0.15) is 5.75 Å². The van der Waals surface area contributed by atoms with Crippen LogP contribution in [0.5, 0.6) is 5.75 Å². The summed E-state index contributed by atoms with van der Waals surface area (Å²) in [6.45, 7) is 4.02. The van der Waals surface area contributed by atoms with Gasteiger partial charge >= 0.3 is 0 Å². The fraction of sp³-hybridized carbons (Fsp3) is 0.115. The molecule has 0 saturated carbocycles. The lowest BCUT2D eigenvalue weighted by atomic mass is 10.1. The number of hydrogen-bond acceptors (Lipinski definition) is 6. The minimum atomic E-state index is -0.275. The topological polar surface area (TPSA) is 75.6 Å². The first-order valence-corrected chi connectivity index (χ1v) is 11.3. The van der Waals surface area contributed by atoms with Crippen molar-refractivity contribution in [3.05, 3.63) is 94.4 Å². The number of aromatic nitrogens is 1. The number of carbonyl (C=O) groups excluding carboxylic acids is 1. The van der Waals surface area contributed by atoms with Crippen LogP contribution in [0.25, 0.3) is 11.3 Å². The van der Waals surface area contributed by atoms with Gasteiger partial charge in [-0.15, -0.1) is 11.3 Å². The summed E-state index contributed by atoms with van der Waals surface area (Å²) in [4.78, 5) is 17.1. The number of nitrogens with one attached hydrogen (secondary N) is 2. The summed E-state index contributed by atoms with van der Waals surface area (Å²) in [6, 6.07) is 21.2. The van der Waals surface area contributed by atoms with Gasteiger partial charge in [-0.05, 0) is 67.4 Å². The molecule has 0 saturated heterocycles. The van der Waals surface area contributed by atoms with Crippen molar-refractivity contribution in [3.63, 3.8) is 0 Å². The quantitative estimate of drug-likeness (QED) is 0.266. The largest absolute Gasteiger partial charge is 0.496 e. The van der Waals surface area contributed by atoms with Crippen LogP contribution < -0.4 is 15.5 Å². The molecule has 0 spiro atoms. The van der Waals surface area contributed by atoms with E-state index in [0.29, 0.717) is 5.56 Å². The minimum Gasteiger partial charge on any atom is -0.496 e. The Hall–Kier alpha value is -3.97. The molecule has 4 rings (SSSR count). The summed E-state index contributed by atoms with van der Waals surface area (Å²) in [6.07, 6.45) is 1.61. The van der Waals surface area contributed by atoms with Crippen LogP contribution in [-0.4, -0.2) is 24.2 Å². The number of methoxy groups -OCH3 is 1. The molecule has 33 heavy (non-hydrogen) atoms. The highest BCUT2D eigenvalue weighted by molar-refractivity contribution is 7.14. The second-order valence-corrected chi connectivity index (χ2v) is 8.39. The highest BCUT2D eigenvalue weighted by Gasteiger charge is 2.08. The van der Waals surface area contributed by atoms with Crippen molar-refractivity contribution >= 4 is 34.3 Å². The van der Waals surface area contributed by atoms with E-state index in [1.54, 1.807) is 25.5 Å². The number of amides is 1. The molecule has 0 fully saturated rings.